The van der Waals surface area contributed by atoms with Crippen molar-refractivity contribution < 1.29 is 32.3 Å². The zero-order chi connectivity index (χ0) is 8.43. The Morgan fingerprint density at radius 3 is 2.50 bits per heavy atom. The Hall–Kier alpha value is -0.0597. The third-order valence-electron chi connectivity index (χ3n) is 1.04. The fourth-order valence-electron chi connectivity index (χ4n) is 0.569. The first kappa shape index (κ1) is 11.9. The molecule has 0 aliphatic rings. The van der Waals surface area contributed by atoms with E-state index in [1.165, 1.54) is 12.3 Å². The molecular weight excluding hydrogens is 386 g/mol. The summed E-state index contributed by atoms with van der Waals surface area (Å²) >= 11 is 11.0. The SMILES string of the molecule is O=C(O)c1nccc(Cl)c1Cl.[Au]. The van der Waals surface area contributed by atoms with E-state index in [4.69, 9.17) is 28.3 Å². The fraction of sp³-hybridized carbons (Fsp3) is 0. The first-order valence-corrected chi connectivity index (χ1v) is 3.42. The van der Waals surface area contributed by atoms with E-state index in [9.17, 15) is 4.79 Å². The van der Waals surface area contributed by atoms with E-state index in [0.29, 0.717) is 0 Å². The molecule has 0 atom stereocenters. The van der Waals surface area contributed by atoms with Gasteiger partial charge in [-0.25, -0.2) is 9.78 Å². The zero-order valence-electron chi connectivity index (χ0n) is 5.51. The van der Waals surface area contributed by atoms with Crippen LogP contribution in [-0.2, 0) is 22.4 Å². The van der Waals surface area contributed by atoms with Crippen molar-refractivity contribution in [1.29, 1.82) is 0 Å². The molecule has 0 aliphatic heterocycles. The van der Waals surface area contributed by atoms with Gasteiger partial charge in [-0.15, -0.1) is 0 Å². The number of pyridine rings is 1. The molecule has 1 rings (SSSR count). The van der Waals surface area contributed by atoms with E-state index in [1.807, 2.05) is 0 Å². The molecule has 0 unspecified atom stereocenters. The average Bonchev–Trinajstić information content (AvgIpc) is 1.94. The van der Waals surface area contributed by atoms with Crippen molar-refractivity contribution in [2.75, 3.05) is 0 Å². The summed E-state index contributed by atoms with van der Waals surface area (Å²) in [4.78, 5) is 13.9. The molecule has 1 aromatic rings. The third-order valence-corrected chi connectivity index (χ3v) is 1.84. The molecule has 0 aromatic carbocycles. The third kappa shape index (κ3) is 2.47. The van der Waals surface area contributed by atoms with Crippen molar-refractivity contribution in [2.24, 2.45) is 0 Å². The summed E-state index contributed by atoms with van der Waals surface area (Å²) in [5.74, 6) is -1.18. The van der Waals surface area contributed by atoms with Crippen LogP contribution in [0.15, 0.2) is 12.3 Å². The van der Waals surface area contributed by atoms with Gasteiger partial charge in [0.2, 0.25) is 0 Å². The molecule has 1 aromatic heterocycles. The van der Waals surface area contributed by atoms with Crippen LogP contribution in [0, 0.1) is 0 Å². The molecule has 69 valence electrons. The van der Waals surface area contributed by atoms with E-state index in [1.54, 1.807) is 0 Å². The largest absolute Gasteiger partial charge is 0.476 e. The Labute approximate surface area is 94.2 Å². The smallest absolute Gasteiger partial charge is 0.356 e. The maximum Gasteiger partial charge on any atom is 0.356 e. The fourth-order valence-corrected chi connectivity index (χ4v) is 0.908. The number of hydrogen-bond donors (Lipinski definition) is 1. The molecule has 0 saturated heterocycles. The molecule has 0 amide bonds. The van der Waals surface area contributed by atoms with Gasteiger partial charge in [0, 0.05) is 28.6 Å². The van der Waals surface area contributed by atoms with E-state index in [-0.39, 0.29) is 38.1 Å². The van der Waals surface area contributed by atoms with Crippen molar-refractivity contribution in [3.05, 3.63) is 28.0 Å². The maximum atomic E-state index is 10.4. The molecule has 0 aliphatic carbocycles. The van der Waals surface area contributed by atoms with Crippen LogP contribution in [0.5, 0.6) is 0 Å². The molecule has 1 N–H and O–H groups in total. The van der Waals surface area contributed by atoms with Crippen LogP contribution in [-0.4, -0.2) is 16.1 Å². The summed E-state index contributed by atoms with van der Waals surface area (Å²) in [6.07, 6.45) is 1.29. The Morgan fingerprint density at radius 1 is 1.50 bits per heavy atom. The molecule has 0 spiro atoms. The first-order chi connectivity index (χ1) is 5.13. The number of aromatic nitrogens is 1. The first-order valence-electron chi connectivity index (χ1n) is 2.66. The molecule has 12 heavy (non-hydrogen) atoms. The van der Waals surface area contributed by atoms with Crippen molar-refractivity contribution in [3.8, 4) is 0 Å². The monoisotopic (exact) mass is 388 g/mol. The number of aromatic carboxylic acids is 1. The quantitative estimate of drug-likeness (QED) is 0.749. The summed E-state index contributed by atoms with van der Waals surface area (Å²) < 4.78 is 0. The van der Waals surface area contributed by atoms with E-state index >= 15 is 0 Å². The van der Waals surface area contributed by atoms with Gasteiger partial charge in [0.25, 0.3) is 0 Å². The Balaban J connectivity index is 0.00000121. The van der Waals surface area contributed by atoms with Gasteiger partial charge in [0.1, 0.15) is 0 Å². The average molecular weight is 389 g/mol. The Morgan fingerprint density at radius 2 is 2.08 bits per heavy atom. The van der Waals surface area contributed by atoms with Crippen LogP contribution in [0.2, 0.25) is 10.0 Å². The van der Waals surface area contributed by atoms with Crippen LogP contribution in [0.3, 0.4) is 0 Å². The summed E-state index contributed by atoms with van der Waals surface area (Å²) in [5.41, 5.74) is -0.223. The molecule has 0 fully saturated rings. The number of hydrogen-bond acceptors (Lipinski definition) is 2. The normalized spacial score (nSPS) is 8.83. The maximum absolute atomic E-state index is 10.4. The molecule has 1 radical (unpaired) electrons. The van der Waals surface area contributed by atoms with Gasteiger partial charge in [0.05, 0.1) is 10.0 Å². The van der Waals surface area contributed by atoms with Gasteiger partial charge in [0.15, 0.2) is 5.69 Å². The number of rotatable bonds is 1. The topological polar surface area (TPSA) is 50.2 Å². The Bertz CT molecular complexity index is 306. The predicted octanol–water partition coefficient (Wildman–Crippen LogP) is 2.08. The predicted molar refractivity (Wildman–Crippen MR) is 41.2 cm³/mol. The van der Waals surface area contributed by atoms with E-state index < -0.39 is 5.97 Å². The van der Waals surface area contributed by atoms with Crippen molar-refractivity contribution in [2.45, 2.75) is 0 Å². The molecule has 0 bridgehead atoms. The molecular formula is C6H3AuCl2NO2. The summed E-state index contributed by atoms with van der Waals surface area (Å²) in [5, 5.41) is 8.65. The van der Waals surface area contributed by atoms with Crippen molar-refractivity contribution in [3.63, 3.8) is 0 Å². The minimum atomic E-state index is -1.18. The minimum absolute atomic E-state index is 0. The van der Waals surface area contributed by atoms with Crippen LogP contribution < -0.4 is 0 Å². The van der Waals surface area contributed by atoms with Crippen molar-refractivity contribution >= 4 is 29.2 Å². The van der Waals surface area contributed by atoms with Crippen LogP contribution in [0.25, 0.3) is 0 Å². The van der Waals surface area contributed by atoms with E-state index in [2.05, 4.69) is 4.98 Å². The van der Waals surface area contributed by atoms with Crippen molar-refractivity contribution in [1.82, 2.24) is 4.98 Å². The number of carboxylic acid groups (broad SMARTS) is 1. The van der Waals surface area contributed by atoms with Gasteiger partial charge >= 0.3 is 5.97 Å². The molecule has 3 nitrogen and oxygen atoms in total. The van der Waals surface area contributed by atoms with Gasteiger partial charge in [-0.1, -0.05) is 23.2 Å². The molecule has 6 heteroatoms. The van der Waals surface area contributed by atoms with Crippen LogP contribution in [0.1, 0.15) is 10.5 Å². The minimum Gasteiger partial charge on any atom is -0.476 e. The second-order valence-electron chi connectivity index (χ2n) is 1.76. The van der Waals surface area contributed by atoms with Gasteiger partial charge < -0.3 is 5.11 Å². The second-order valence-corrected chi connectivity index (χ2v) is 2.55. The number of halogens is 2. The van der Waals surface area contributed by atoms with Crippen LogP contribution >= 0.6 is 23.2 Å². The summed E-state index contributed by atoms with van der Waals surface area (Å²) in [7, 11) is 0. The van der Waals surface area contributed by atoms with Gasteiger partial charge in [-0.3, -0.25) is 0 Å². The van der Waals surface area contributed by atoms with E-state index in [0.717, 1.165) is 0 Å². The van der Waals surface area contributed by atoms with Gasteiger partial charge in [-0.05, 0) is 6.07 Å². The van der Waals surface area contributed by atoms with Crippen LogP contribution in [0.4, 0.5) is 0 Å². The second kappa shape index (κ2) is 4.84. The molecule has 0 saturated carbocycles. The summed E-state index contributed by atoms with van der Waals surface area (Å²) in [6.45, 7) is 0. The molecule has 1 heterocycles. The standard InChI is InChI=1S/C6H3Cl2NO2.Au/c7-3-1-2-9-5(4(3)8)6(10)11;/h1-2H,(H,10,11);. The number of carbonyl (C=O) groups is 1. The summed E-state index contributed by atoms with van der Waals surface area (Å²) in [6, 6.07) is 1.43. The van der Waals surface area contributed by atoms with Gasteiger partial charge in [-0.2, -0.15) is 0 Å². The Kier molecular flexibility index (Phi) is 4.82. The number of nitrogens with zero attached hydrogens (tertiary/aromatic N) is 1. The number of carboxylic acids is 1. The zero-order valence-corrected chi connectivity index (χ0v) is 9.19.